The van der Waals surface area contributed by atoms with Gasteiger partial charge in [-0.3, -0.25) is 4.79 Å². The fourth-order valence-electron chi connectivity index (χ4n) is 7.91. The molecule has 0 bridgehead atoms. The van der Waals surface area contributed by atoms with E-state index in [9.17, 15) is 9.90 Å². The van der Waals surface area contributed by atoms with Gasteiger partial charge in [0.2, 0.25) is 0 Å². The number of ketones is 1. The van der Waals surface area contributed by atoms with Gasteiger partial charge >= 0.3 is 0 Å². The zero-order valence-electron chi connectivity index (χ0n) is 18.0. The Morgan fingerprint density at radius 3 is 2.70 bits per heavy atom. The molecule has 152 valence electrons. The van der Waals surface area contributed by atoms with Crippen LogP contribution in [-0.2, 0) is 4.79 Å². The van der Waals surface area contributed by atoms with Crippen molar-refractivity contribution >= 4 is 5.78 Å². The quantitative estimate of drug-likeness (QED) is 0.664. The Morgan fingerprint density at radius 2 is 1.96 bits per heavy atom. The number of aliphatic hydroxyl groups is 1. The summed E-state index contributed by atoms with van der Waals surface area (Å²) in [6, 6.07) is 0. The zero-order valence-corrected chi connectivity index (χ0v) is 18.0. The highest BCUT2D eigenvalue weighted by molar-refractivity contribution is 5.91. The summed E-state index contributed by atoms with van der Waals surface area (Å²) in [5, 5.41) is 10.8. The van der Waals surface area contributed by atoms with Gasteiger partial charge in [-0.25, -0.2) is 0 Å². The van der Waals surface area contributed by atoms with Crippen molar-refractivity contribution in [1.82, 2.24) is 0 Å². The molecule has 4 aliphatic rings. The monoisotopic (exact) mass is 372 g/mol. The molecular weight excluding hydrogens is 332 g/mol. The van der Waals surface area contributed by atoms with Crippen LogP contribution in [0.15, 0.2) is 11.6 Å². The lowest BCUT2D eigenvalue weighted by Crippen LogP contribution is -2.55. The summed E-state index contributed by atoms with van der Waals surface area (Å²) in [6.07, 6.45) is 13.4. The maximum atomic E-state index is 12.2. The number of allylic oxidation sites excluding steroid dienone is 1. The van der Waals surface area contributed by atoms with Crippen molar-refractivity contribution in [3.8, 4) is 0 Å². The Balaban J connectivity index is 1.73. The first-order chi connectivity index (χ1) is 12.8. The van der Waals surface area contributed by atoms with E-state index in [0.717, 1.165) is 37.5 Å². The van der Waals surface area contributed by atoms with E-state index in [2.05, 4.69) is 33.8 Å². The number of aliphatic hydroxyl groups excluding tert-OH is 1. The molecule has 0 aromatic rings. The summed E-state index contributed by atoms with van der Waals surface area (Å²) >= 11 is 0. The molecule has 8 unspecified atom stereocenters. The van der Waals surface area contributed by atoms with Crippen molar-refractivity contribution in [1.29, 1.82) is 0 Å². The SMILES string of the molecule is CCCCC(C)C1CC2=CC(=O)CCC2(C)C2CCC3(C)C(O)CCC3C12. The van der Waals surface area contributed by atoms with Crippen molar-refractivity contribution in [2.75, 3.05) is 0 Å². The van der Waals surface area contributed by atoms with E-state index in [1.165, 1.54) is 44.1 Å². The van der Waals surface area contributed by atoms with Gasteiger partial charge in [-0.05, 0) is 85.0 Å². The average molecular weight is 373 g/mol. The topological polar surface area (TPSA) is 37.3 Å². The van der Waals surface area contributed by atoms with Gasteiger partial charge in [0.1, 0.15) is 0 Å². The maximum absolute atomic E-state index is 12.2. The predicted molar refractivity (Wildman–Crippen MR) is 110 cm³/mol. The van der Waals surface area contributed by atoms with Crippen molar-refractivity contribution in [2.24, 2.45) is 40.4 Å². The van der Waals surface area contributed by atoms with Crippen molar-refractivity contribution < 1.29 is 9.90 Å². The summed E-state index contributed by atoms with van der Waals surface area (Å²) in [4.78, 5) is 12.2. The average Bonchev–Trinajstić information content (AvgIpc) is 2.95. The molecule has 0 heterocycles. The van der Waals surface area contributed by atoms with Crippen LogP contribution >= 0.6 is 0 Å². The summed E-state index contributed by atoms with van der Waals surface area (Å²) in [5.41, 5.74) is 1.84. The summed E-state index contributed by atoms with van der Waals surface area (Å²) < 4.78 is 0. The van der Waals surface area contributed by atoms with Gasteiger partial charge in [0.05, 0.1) is 6.10 Å². The molecule has 2 nitrogen and oxygen atoms in total. The van der Waals surface area contributed by atoms with Crippen LogP contribution in [0.2, 0.25) is 0 Å². The lowest BCUT2D eigenvalue weighted by molar-refractivity contribution is -0.122. The number of fused-ring (bicyclic) bond motifs is 5. The number of carbonyl (C=O) groups is 1. The van der Waals surface area contributed by atoms with Crippen molar-refractivity contribution in [3.63, 3.8) is 0 Å². The maximum Gasteiger partial charge on any atom is 0.155 e. The second-order valence-corrected chi connectivity index (χ2v) is 11.0. The normalized spacial score (nSPS) is 47.7. The van der Waals surface area contributed by atoms with Crippen LogP contribution in [0.5, 0.6) is 0 Å². The first-order valence-electron chi connectivity index (χ1n) is 11.7. The molecule has 27 heavy (non-hydrogen) atoms. The Labute approximate surface area is 166 Å². The van der Waals surface area contributed by atoms with Crippen molar-refractivity contribution in [3.05, 3.63) is 11.6 Å². The third-order valence-corrected chi connectivity index (χ3v) is 9.75. The molecule has 8 atom stereocenters. The molecule has 0 aromatic heterocycles. The number of hydrogen-bond acceptors (Lipinski definition) is 2. The molecule has 0 aromatic carbocycles. The smallest absolute Gasteiger partial charge is 0.155 e. The molecule has 3 saturated carbocycles. The summed E-state index contributed by atoms with van der Waals surface area (Å²) in [5.74, 6) is 3.90. The van der Waals surface area contributed by atoms with Gasteiger partial charge in [-0.2, -0.15) is 0 Å². The van der Waals surface area contributed by atoms with E-state index >= 15 is 0 Å². The Hall–Kier alpha value is -0.630. The van der Waals surface area contributed by atoms with Gasteiger partial charge in [-0.1, -0.05) is 52.5 Å². The molecule has 0 spiro atoms. The fourth-order valence-corrected chi connectivity index (χ4v) is 7.91. The Morgan fingerprint density at radius 1 is 1.19 bits per heavy atom. The van der Waals surface area contributed by atoms with E-state index in [-0.39, 0.29) is 16.9 Å². The molecule has 4 aliphatic carbocycles. The molecule has 0 radical (unpaired) electrons. The first kappa shape index (κ1) is 19.7. The molecule has 4 rings (SSSR count). The molecule has 1 N–H and O–H groups in total. The Bertz CT molecular complexity index is 622. The molecule has 2 heteroatoms. The second-order valence-electron chi connectivity index (χ2n) is 11.0. The molecule has 3 fully saturated rings. The summed E-state index contributed by atoms with van der Waals surface area (Å²) in [6.45, 7) is 9.63. The number of carbonyl (C=O) groups excluding carboxylic acids is 1. The van der Waals surface area contributed by atoms with Gasteiger partial charge in [0.15, 0.2) is 5.78 Å². The Kier molecular flexibility index (Phi) is 5.11. The molecule has 0 aliphatic heterocycles. The lowest BCUT2D eigenvalue weighted by Gasteiger charge is -2.61. The minimum absolute atomic E-state index is 0.104. The third-order valence-electron chi connectivity index (χ3n) is 9.75. The highest BCUT2D eigenvalue weighted by atomic mass is 16.3. The third kappa shape index (κ3) is 2.96. The van der Waals surface area contributed by atoms with Gasteiger partial charge in [0, 0.05) is 6.42 Å². The van der Waals surface area contributed by atoms with Gasteiger partial charge < -0.3 is 5.11 Å². The van der Waals surface area contributed by atoms with Crippen LogP contribution in [0.1, 0.15) is 91.9 Å². The van der Waals surface area contributed by atoms with Crippen LogP contribution in [0.3, 0.4) is 0 Å². The van der Waals surface area contributed by atoms with Crippen LogP contribution < -0.4 is 0 Å². The van der Waals surface area contributed by atoms with Gasteiger partial charge in [0.25, 0.3) is 0 Å². The number of unbranched alkanes of at least 4 members (excludes halogenated alkanes) is 1. The molecule has 0 amide bonds. The fraction of sp³-hybridized carbons (Fsp3) is 0.880. The van der Waals surface area contributed by atoms with E-state index in [4.69, 9.17) is 0 Å². The second kappa shape index (κ2) is 7.01. The minimum Gasteiger partial charge on any atom is -0.393 e. The standard InChI is InChI=1S/C25H40O2/c1-5-6-7-16(2)19-15-17-14-18(26)10-12-24(17,3)21-11-13-25(4)20(23(19)21)8-9-22(25)27/h14,16,19-23,27H,5-13,15H2,1-4H3. The van der Waals surface area contributed by atoms with Crippen LogP contribution in [-0.4, -0.2) is 17.0 Å². The van der Waals surface area contributed by atoms with E-state index in [1.54, 1.807) is 0 Å². The largest absolute Gasteiger partial charge is 0.393 e. The minimum atomic E-state index is -0.104. The summed E-state index contributed by atoms with van der Waals surface area (Å²) in [7, 11) is 0. The van der Waals surface area contributed by atoms with E-state index in [0.29, 0.717) is 23.5 Å². The predicted octanol–water partition coefficient (Wildman–Crippen LogP) is 5.93. The zero-order chi connectivity index (χ0) is 19.4. The highest BCUT2D eigenvalue weighted by Gasteiger charge is 2.61. The van der Waals surface area contributed by atoms with Crippen LogP contribution in [0, 0.1) is 40.4 Å². The van der Waals surface area contributed by atoms with Crippen molar-refractivity contribution in [2.45, 2.75) is 98.0 Å². The van der Waals surface area contributed by atoms with Crippen LogP contribution in [0.4, 0.5) is 0 Å². The van der Waals surface area contributed by atoms with E-state index in [1.807, 2.05) is 0 Å². The lowest BCUT2D eigenvalue weighted by atomic mass is 9.43. The number of rotatable bonds is 4. The molecular formula is C25H40O2. The highest BCUT2D eigenvalue weighted by Crippen LogP contribution is 2.67. The van der Waals surface area contributed by atoms with Gasteiger partial charge in [-0.15, -0.1) is 0 Å². The van der Waals surface area contributed by atoms with Crippen LogP contribution in [0.25, 0.3) is 0 Å². The van der Waals surface area contributed by atoms with E-state index < -0.39 is 0 Å². The molecule has 0 saturated heterocycles. The first-order valence-corrected chi connectivity index (χ1v) is 11.7. The number of hydrogen-bond donors (Lipinski definition) is 1.